The van der Waals surface area contributed by atoms with Gasteiger partial charge in [-0.3, -0.25) is 4.79 Å². The fraction of sp³-hybridized carbons (Fsp3) is 0.429. The highest BCUT2D eigenvalue weighted by Crippen LogP contribution is 2.22. The average Bonchev–Trinajstić information content (AvgIpc) is 2.48. The van der Waals surface area contributed by atoms with Crippen LogP contribution in [0.1, 0.15) is 12.6 Å². The number of carboxylic acids is 1. The second-order valence-electron chi connectivity index (χ2n) is 2.14. The van der Waals surface area contributed by atoms with Crippen LogP contribution in [-0.4, -0.2) is 21.8 Å². The molecule has 1 aromatic heterocycles. The minimum absolute atomic E-state index is 0.0939. The Balaban J connectivity index is 2.47. The molecule has 1 rings (SSSR count). The highest BCUT2D eigenvalue weighted by molar-refractivity contribution is 8.01. The first kappa shape index (κ1) is 9.54. The zero-order valence-corrected chi connectivity index (χ0v) is 8.24. The van der Waals surface area contributed by atoms with E-state index >= 15 is 0 Å². The molecule has 0 aromatic carbocycles. The molecule has 1 N–H and O–H groups in total. The van der Waals surface area contributed by atoms with Gasteiger partial charge < -0.3 is 5.11 Å². The number of carbonyl (C=O) groups is 1. The van der Waals surface area contributed by atoms with Crippen molar-refractivity contribution < 1.29 is 9.90 Å². The van der Waals surface area contributed by atoms with Crippen molar-refractivity contribution in [2.75, 3.05) is 5.75 Å². The van der Waals surface area contributed by atoms with E-state index in [0.717, 1.165) is 16.5 Å². The van der Waals surface area contributed by atoms with Crippen LogP contribution in [0.3, 0.4) is 0 Å². The first-order valence-corrected chi connectivity index (χ1v) is 5.38. The molecule has 3 nitrogen and oxygen atoms in total. The predicted molar refractivity (Wildman–Crippen MR) is 49.9 cm³/mol. The van der Waals surface area contributed by atoms with Crippen LogP contribution < -0.4 is 0 Å². The lowest BCUT2D eigenvalue weighted by atomic mass is 10.4. The Bertz CT molecular complexity index is 272. The van der Waals surface area contributed by atoms with Crippen molar-refractivity contribution in [2.24, 2.45) is 0 Å². The molecule has 0 saturated heterocycles. The molecule has 0 bridgehead atoms. The zero-order chi connectivity index (χ0) is 8.97. The van der Waals surface area contributed by atoms with Gasteiger partial charge in [-0.2, -0.15) is 0 Å². The third-order valence-electron chi connectivity index (χ3n) is 1.21. The lowest BCUT2D eigenvalue weighted by Crippen LogP contribution is -1.97. The Kier molecular flexibility index (Phi) is 3.55. The highest BCUT2D eigenvalue weighted by atomic mass is 32.2. The standard InChI is InChI=1S/C7H9NO2S2/c1-2-5-3-11-7(8-5)12-4-6(9)10/h3H,2,4H2,1H3,(H,9,10). The zero-order valence-electron chi connectivity index (χ0n) is 6.61. The summed E-state index contributed by atoms with van der Waals surface area (Å²) in [6.07, 6.45) is 0.907. The number of thioether (sulfide) groups is 1. The average molecular weight is 203 g/mol. The number of hydrogen-bond acceptors (Lipinski definition) is 4. The number of nitrogens with zero attached hydrogens (tertiary/aromatic N) is 1. The Morgan fingerprint density at radius 1 is 1.83 bits per heavy atom. The van der Waals surface area contributed by atoms with Gasteiger partial charge in [0.25, 0.3) is 0 Å². The van der Waals surface area contributed by atoms with Gasteiger partial charge >= 0.3 is 5.97 Å². The molecule has 0 aliphatic carbocycles. The van der Waals surface area contributed by atoms with Gasteiger partial charge in [0.1, 0.15) is 0 Å². The van der Waals surface area contributed by atoms with Crippen molar-refractivity contribution >= 4 is 29.1 Å². The third-order valence-corrected chi connectivity index (χ3v) is 3.27. The SMILES string of the molecule is CCc1csc(SCC(=O)O)n1. The normalized spacial score (nSPS) is 10.1. The van der Waals surface area contributed by atoms with E-state index in [2.05, 4.69) is 4.98 Å². The molecule has 0 saturated carbocycles. The van der Waals surface area contributed by atoms with Crippen molar-refractivity contribution in [2.45, 2.75) is 17.7 Å². The van der Waals surface area contributed by atoms with Gasteiger partial charge in [-0.05, 0) is 6.42 Å². The molecule has 0 atom stereocenters. The second kappa shape index (κ2) is 4.47. The summed E-state index contributed by atoms with van der Waals surface area (Å²) in [6, 6.07) is 0. The van der Waals surface area contributed by atoms with Crippen LogP contribution >= 0.6 is 23.1 Å². The molecule has 0 spiro atoms. The van der Waals surface area contributed by atoms with E-state index in [1.165, 1.54) is 23.1 Å². The summed E-state index contributed by atoms with van der Waals surface area (Å²) >= 11 is 2.78. The van der Waals surface area contributed by atoms with Crippen molar-refractivity contribution in [3.05, 3.63) is 11.1 Å². The number of aryl methyl sites for hydroxylation is 1. The van der Waals surface area contributed by atoms with Crippen LogP contribution in [-0.2, 0) is 11.2 Å². The maximum absolute atomic E-state index is 10.2. The summed E-state index contributed by atoms with van der Waals surface area (Å²) < 4.78 is 0.842. The molecule has 1 aromatic rings. The van der Waals surface area contributed by atoms with Gasteiger partial charge in [-0.1, -0.05) is 18.7 Å². The Hall–Kier alpha value is -0.550. The molecule has 0 unspecified atom stereocenters. The van der Waals surface area contributed by atoms with Gasteiger partial charge in [0.05, 0.1) is 11.4 Å². The Morgan fingerprint density at radius 2 is 2.58 bits per heavy atom. The van der Waals surface area contributed by atoms with Crippen LogP contribution in [0.15, 0.2) is 9.72 Å². The van der Waals surface area contributed by atoms with Crippen LogP contribution in [0, 0.1) is 0 Å². The summed E-state index contributed by atoms with van der Waals surface area (Å²) in [4.78, 5) is 14.4. The van der Waals surface area contributed by atoms with Crippen molar-refractivity contribution in [1.29, 1.82) is 0 Å². The maximum Gasteiger partial charge on any atom is 0.313 e. The minimum Gasteiger partial charge on any atom is -0.481 e. The highest BCUT2D eigenvalue weighted by Gasteiger charge is 2.03. The number of rotatable bonds is 4. The van der Waals surface area contributed by atoms with E-state index in [9.17, 15) is 4.79 Å². The van der Waals surface area contributed by atoms with Crippen LogP contribution in [0.4, 0.5) is 0 Å². The molecule has 0 aliphatic rings. The lowest BCUT2D eigenvalue weighted by Gasteiger charge is -1.89. The number of aliphatic carboxylic acids is 1. The van der Waals surface area contributed by atoms with Crippen LogP contribution in [0.2, 0.25) is 0 Å². The molecule has 12 heavy (non-hydrogen) atoms. The van der Waals surface area contributed by atoms with Crippen molar-refractivity contribution in [3.8, 4) is 0 Å². The largest absolute Gasteiger partial charge is 0.481 e. The van der Waals surface area contributed by atoms with Gasteiger partial charge in [-0.15, -0.1) is 11.3 Å². The molecule has 0 radical (unpaired) electrons. The fourth-order valence-corrected chi connectivity index (χ4v) is 2.29. The molecule has 0 aliphatic heterocycles. The lowest BCUT2D eigenvalue weighted by molar-refractivity contribution is -0.133. The number of hydrogen-bond donors (Lipinski definition) is 1. The van der Waals surface area contributed by atoms with Gasteiger partial charge in [0.15, 0.2) is 4.34 Å². The van der Waals surface area contributed by atoms with Crippen LogP contribution in [0.5, 0.6) is 0 Å². The first-order chi connectivity index (χ1) is 5.72. The van der Waals surface area contributed by atoms with E-state index in [4.69, 9.17) is 5.11 Å². The molecule has 0 amide bonds. The topological polar surface area (TPSA) is 50.2 Å². The number of thiazole rings is 1. The maximum atomic E-state index is 10.2. The van der Waals surface area contributed by atoms with Crippen molar-refractivity contribution in [1.82, 2.24) is 4.98 Å². The molecular weight excluding hydrogens is 194 g/mol. The predicted octanol–water partition coefficient (Wildman–Crippen LogP) is 1.88. The summed E-state index contributed by atoms with van der Waals surface area (Å²) in [6.45, 7) is 2.03. The van der Waals surface area contributed by atoms with Gasteiger partial charge in [0, 0.05) is 5.38 Å². The van der Waals surface area contributed by atoms with E-state index in [-0.39, 0.29) is 5.75 Å². The van der Waals surface area contributed by atoms with E-state index in [1.54, 1.807) is 0 Å². The fourth-order valence-electron chi connectivity index (χ4n) is 0.641. The van der Waals surface area contributed by atoms with E-state index in [0.29, 0.717) is 0 Å². The van der Waals surface area contributed by atoms with Gasteiger partial charge in [0.2, 0.25) is 0 Å². The molecule has 5 heteroatoms. The monoisotopic (exact) mass is 203 g/mol. The molecule has 0 fully saturated rings. The first-order valence-electron chi connectivity index (χ1n) is 3.51. The van der Waals surface area contributed by atoms with Crippen molar-refractivity contribution in [3.63, 3.8) is 0 Å². The number of aromatic nitrogens is 1. The van der Waals surface area contributed by atoms with E-state index in [1.807, 2.05) is 12.3 Å². The second-order valence-corrected chi connectivity index (χ2v) is 4.22. The summed E-state index contributed by atoms with van der Waals surface area (Å²) in [5.74, 6) is -0.704. The smallest absolute Gasteiger partial charge is 0.313 e. The minimum atomic E-state index is -0.798. The summed E-state index contributed by atoms with van der Waals surface area (Å²) in [5.41, 5.74) is 1.04. The quantitative estimate of drug-likeness (QED) is 0.759. The molecule has 1 heterocycles. The van der Waals surface area contributed by atoms with Crippen LogP contribution in [0.25, 0.3) is 0 Å². The molecule has 66 valence electrons. The summed E-state index contributed by atoms with van der Waals surface area (Å²) in [5, 5.41) is 10.4. The van der Waals surface area contributed by atoms with Gasteiger partial charge in [-0.25, -0.2) is 4.98 Å². The Labute approximate surface area is 78.8 Å². The third kappa shape index (κ3) is 2.83. The molecular formula is C7H9NO2S2. The Morgan fingerprint density at radius 3 is 3.08 bits per heavy atom. The van der Waals surface area contributed by atoms with E-state index < -0.39 is 5.97 Å². The summed E-state index contributed by atoms with van der Waals surface area (Å²) in [7, 11) is 0. The number of carboxylic acid groups (broad SMARTS) is 1.